The third-order valence-electron chi connectivity index (χ3n) is 2.77. The fourth-order valence-electron chi connectivity index (χ4n) is 1.67. The molecule has 0 radical (unpaired) electrons. The molecule has 1 atom stereocenters. The van der Waals surface area contributed by atoms with Crippen LogP contribution in [0.1, 0.15) is 45.3 Å². The summed E-state index contributed by atoms with van der Waals surface area (Å²) in [6, 6.07) is 4.15. The number of hydrogen-bond acceptors (Lipinski definition) is 3. The first kappa shape index (κ1) is 13.0. The van der Waals surface area contributed by atoms with Gasteiger partial charge in [-0.1, -0.05) is 13.3 Å². The molecule has 1 aromatic rings. The van der Waals surface area contributed by atoms with Crippen LogP contribution in [0.15, 0.2) is 18.3 Å². The molecule has 0 amide bonds. The summed E-state index contributed by atoms with van der Waals surface area (Å²) in [6.07, 6.45) is 4.38. The molecule has 0 spiro atoms. The van der Waals surface area contributed by atoms with Gasteiger partial charge in [0.2, 0.25) is 0 Å². The van der Waals surface area contributed by atoms with Crippen molar-refractivity contribution in [1.82, 2.24) is 4.98 Å². The summed E-state index contributed by atoms with van der Waals surface area (Å²) in [6.45, 7) is 8.47. The minimum absolute atomic E-state index is 0.0137. The lowest BCUT2D eigenvalue weighted by Gasteiger charge is -2.22. The lowest BCUT2D eigenvalue weighted by atomic mass is 10.2. The van der Waals surface area contributed by atoms with E-state index in [1.807, 2.05) is 19.2 Å². The number of nitrogens with zero attached hydrogens (tertiary/aromatic N) is 2. The van der Waals surface area contributed by atoms with Crippen molar-refractivity contribution in [3.63, 3.8) is 0 Å². The van der Waals surface area contributed by atoms with E-state index in [-0.39, 0.29) is 6.04 Å². The van der Waals surface area contributed by atoms with Crippen LogP contribution in [0.2, 0.25) is 0 Å². The Hall–Kier alpha value is -1.09. The van der Waals surface area contributed by atoms with Gasteiger partial charge in [-0.05, 0) is 32.4 Å². The molecule has 3 heteroatoms. The quantitative estimate of drug-likeness (QED) is 0.803. The topological polar surface area (TPSA) is 42.1 Å². The SMILES string of the molecule is CCCCN(CC)c1ccc([C@H](C)N)nc1. The zero-order chi connectivity index (χ0) is 12.0. The number of hydrogen-bond donors (Lipinski definition) is 1. The molecule has 0 aliphatic rings. The van der Waals surface area contributed by atoms with Crippen molar-refractivity contribution in [2.75, 3.05) is 18.0 Å². The van der Waals surface area contributed by atoms with E-state index in [2.05, 4.69) is 29.8 Å². The van der Waals surface area contributed by atoms with Gasteiger partial charge in [-0.2, -0.15) is 0 Å². The molecular weight excluding hydrogens is 198 g/mol. The predicted molar refractivity (Wildman–Crippen MR) is 69.6 cm³/mol. The molecule has 0 fully saturated rings. The Kier molecular flexibility index (Phi) is 5.26. The second-order valence-electron chi connectivity index (χ2n) is 4.16. The molecule has 0 saturated carbocycles. The Bertz CT molecular complexity index is 293. The van der Waals surface area contributed by atoms with Crippen LogP contribution in [-0.2, 0) is 0 Å². The van der Waals surface area contributed by atoms with Crippen LogP contribution in [-0.4, -0.2) is 18.1 Å². The van der Waals surface area contributed by atoms with Gasteiger partial charge in [0.25, 0.3) is 0 Å². The Balaban J connectivity index is 2.70. The minimum Gasteiger partial charge on any atom is -0.371 e. The van der Waals surface area contributed by atoms with Gasteiger partial charge in [-0.3, -0.25) is 4.98 Å². The van der Waals surface area contributed by atoms with Gasteiger partial charge in [0, 0.05) is 19.1 Å². The van der Waals surface area contributed by atoms with Gasteiger partial charge in [0.1, 0.15) is 0 Å². The number of rotatable bonds is 6. The van der Waals surface area contributed by atoms with Crippen molar-refractivity contribution >= 4 is 5.69 Å². The predicted octanol–water partition coefficient (Wildman–Crippen LogP) is 2.73. The van der Waals surface area contributed by atoms with Crippen LogP contribution in [0.25, 0.3) is 0 Å². The first-order valence-electron chi connectivity index (χ1n) is 6.15. The number of anilines is 1. The van der Waals surface area contributed by atoms with E-state index in [4.69, 9.17) is 5.73 Å². The van der Waals surface area contributed by atoms with Crippen LogP contribution >= 0.6 is 0 Å². The Morgan fingerprint density at radius 1 is 1.38 bits per heavy atom. The number of aromatic nitrogens is 1. The van der Waals surface area contributed by atoms with Crippen molar-refractivity contribution in [3.8, 4) is 0 Å². The third-order valence-corrected chi connectivity index (χ3v) is 2.77. The van der Waals surface area contributed by atoms with Gasteiger partial charge in [-0.25, -0.2) is 0 Å². The van der Waals surface area contributed by atoms with Gasteiger partial charge in [0.15, 0.2) is 0 Å². The number of unbranched alkanes of at least 4 members (excludes halogenated alkanes) is 1. The van der Waals surface area contributed by atoms with Crippen molar-refractivity contribution in [2.24, 2.45) is 5.73 Å². The fourth-order valence-corrected chi connectivity index (χ4v) is 1.67. The highest BCUT2D eigenvalue weighted by molar-refractivity contribution is 5.44. The van der Waals surface area contributed by atoms with Gasteiger partial charge in [0.05, 0.1) is 17.6 Å². The highest BCUT2D eigenvalue weighted by atomic mass is 15.1. The van der Waals surface area contributed by atoms with E-state index in [0.717, 1.165) is 18.8 Å². The molecule has 0 saturated heterocycles. The van der Waals surface area contributed by atoms with Crippen molar-refractivity contribution < 1.29 is 0 Å². The van der Waals surface area contributed by atoms with E-state index < -0.39 is 0 Å². The molecule has 0 aliphatic heterocycles. The minimum atomic E-state index is 0.0137. The van der Waals surface area contributed by atoms with Crippen LogP contribution in [0.3, 0.4) is 0 Å². The molecule has 0 aromatic carbocycles. The summed E-state index contributed by atoms with van der Waals surface area (Å²) >= 11 is 0. The van der Waals surface area contributed by atoms with Crippen LogP contribution in [0, 0.1) is 0 Å². The monoisotopic (exact) mass is 221 g/mol. The van der Waals surface area contributed by atoms with Crippen LogP contribution < -0.4 is 10.6 Å². The maximum atomic E-state index is 5.78. The summed E-state index contributed by atoms with van der Waals surface area (Å²) in [7, 11) is 0. The van der Waals surface area contributed by atoms with Gasteiger partial charge < -0.3 is 10.6 Å². The zero-order valence-electron chi connectivity index (χ0n) is 10.6. The van der Waals surface area contributed by atoms with E-state index in [9.17, 15) is 0 Å². The van der Waals surface area contributed by atoms with Crippen molar-refractivity contribution in [3.05, 3.63) is 24.0 Å². The van der Waals surface area contributed by atoms with E-state index in [1.165, 1.54) is 18.5 Å². The average Bonchev–Trinajstić information content (AvgIpc) is 2.30. The maximum absolute atomic E-state index is 5.78. The van der Waals surface area contributed by atoms with Crippen molar-refractivity contribution in [1.29, 1.82) is 0 Å². The molecule has 3 nitrogen and oxygen atoms in total. The summed E-state index contributed by atoms with van der Waals surface area (Å²) in [4.78, 5) is 6.74. The second-order valence-corrected chi connectivity index (χ2v) is 4.16. The van der Waals surface area contributed by atoms with Crippen LogP contribution in [0.5, 0.6) is 0 Å². The fraction of sp³-hybridized carbons (Fsp3) is 0.615. The van der Waals surface area contributed by atoms with E-state index >= 15 is 0 Å². The molecule has 2 N–H and O–H groups in total. The van der Waals surface area contributed by atoms with Gasteiger partial charge in [-0.15, -0.1) is 0 Å². The second kappa shape index (κ2) is 6.48. The van der Waals surface area contributed by atoms with Crippen molar-refractivity contribution in [2.45, 2.75) is 39.7 Å². The smallest absolute Gasteiger partial charge is 0.0569 e. The third kappa shape index (κ3) is 3.49. The lowest BCUT2D eigenvalue weighted by molar-refractivity contribution is 0.727. The first-order chi connectivity index (χ1) is 7.69. The standard InChI is InChI=1S/C13H23N3/c1-4-6-9-16(5-2)12-7-8-13(11(3)14)15-10-12/h7-8,10-11H,4-6,9,14H2,1-3H3/t11-/m0/s1. The molecule has 0 bridgehead atoms. The molecule has 16 heavy (non-hydrogen) atoms. The Morgan fingerprint density at radius 3 is 2.56 bits per heavy atom. The van der Waals surface area contributed by atoms with E-state index in [0.29, 0.717) is 0 Å². The molecule has 0 unspecified atom stereocenters. The normalized spacial score (nSPS) is 12.5. The summed E-state index contributed by atoms with van der Waals surface area (Å²) < 4.78 is 0. The highest BCUT2D eigenvalue weighted by Crippen LogP contribution is 2.15. The number of pyridine rings is 1. The molecule has 90 valence electrons. The molecular formula is C13H23N3. The summed E-state index contributed by atoms with van der Waals surface area (Å²) in [5, 5.41) is 0. The highest BCUT2D eigenvalue weighted by Gasteiger charge is 2.05. The molecule has 0 aliphatic carbocycles. The molecule has 1 heterocycles. The Labute approximate surface area is 98.7 Å². The molecule has 1 aromatic heterocycles. The lowest BCUT2D eigenvalue weighted by Crippen LogP contribution is -2.24. The Morgan fingerprint density at radius 2 is 2.12 bits per heavy atom. The summed E-state index contributed by atoms with van der Waals surface area (Å²) in [5.74, 6) is 0. The first-order valence-corrected chi connectivity index (χ1v) is 6.15. The van der Waals surface area contributed by atoms with Crippen LogP contribution in [0.4, 0.5) is 5.69 Å². The van der Waals surface area contributed by atoms with E-state index in [1.54, 1.807) is 0 Å². The zero-order valence-corrected chi connectivity index (χ0v) is 10.6. The van der Waals surface area contributed by atoms with Gasteiger partial charge >= 0.3 is 0 Å². The number of nitrogens with two attached hydrogens (primary N) is 1. The average molecular weight is 221 g/mol. The maximum Gasteiger partial charge on any atom is 0.0569 e. The molecule has 1 rings (SSSR count). The summed E-state index contributed by atoms with van der Waals surface area (Å²) in [5.41, 5.74) is 7.93. The largest absolute Gasteiger partial charge is 0.371 e.